The van der Waals surface area contributed by atoms with E-state index in [2.05, 4.69) is 5.32 Å². The molecule has 148 valence electrons. The average Bonchev–Trinajstić information content (AvgIpc) is 2.67. The zero-order valence-electron chi connectivity index (χ0n) is 14.4. The van der Waals surface area contributed by atoms with Crippen molar-refractivity contribution in [1.82, 2.24) is 0 Å². The van der Waals surface area contributed by atoms with E-state index in [0.717, 1.165) is 9.64 Å². The fourth-order valence-electron chi connectivity index (χ4n) is 2.47. The number of anilines is 2. The minimum atomic E-state index is -1.55. The van der Waals surface area contributed by atoms with Gasteiger partial charge < -0.3 is 15.2 Å². The standard InChI is InChI=1S/C19H11ClFIN2O5/c20-13-8-10(22)6-7-14(13)23-17-12(19(25)26)9-15(24(27)28)18(16(17)21)29-11-4-2-1-3-5-11/h1-9,23H,(H,25,26). The van der Waals surface area contributed by atoms with Crippen LogP contribution in [-0.4, -0.2) is 16.0 Å². The van der Waals surface area contributed by atoms with Crippen molar-refractivity contribution < 1.29 is 24.0 Å². The van der Waals surface area contributed by atoms with Crippen LogP contribution in [0.1, 0.15) is 10.4 Å². The first-order valence-corrected chi connectivity index (χ1v) is 9.42. The molecule has 2 N–H and O–H groups in total. The van der Waals surface area contributed by atoms with Crippen LogP contribution >= 0.6 is 34.2 Å². The summed E-state index contributed by atoms with van der Waals surface area (Å²) in [6, 6.07) is 13.4. The van der Waals surface area contributed by atoms with Crippen LogP contribution < -0.4 is 10.1 Å². The number of aromatic carboxylic acids is 1. The van der Waals surface area contributed by atoms with Crippen molar-refractivity contribution in [1.29, 1.82) is 0 Å². The molecule has 0 fully saturated rings. The highest BCUT2D eigenvalue weighted by molar-refractivity contribution is 14.1. The highest BCUT2D eigenvalue weighted by Gasteiger charge is 2.30. The van der Waals surface area contributed by atoms with Crippen molar-refractivity contribution in [3.05, 3.63) is 84.7 Å². The van der Waals surface area contributed by atoms with E-state index in [1.54, 1.807) is 30.3 Å². The minimum Gasteiger partial charge on any atom is -0.478 e. The first-order valence-electron chi connectivity index (χ1n) is 7.97. The molecule has 3 rings (SSSR count). The molecule has 10 heteroatoms. The van der Waals surface area contributed by atoms with Gasteiger partial charge in [-0.3, -0.25) is 10.1 Å². The SMILES string of the molecule is O=C(O)c1cc([N+](=O)[O-])c(Oc2ccccc2)c(F)c1Nc1ccc(I)cc1Cl. The molecule has 29 heavy (non-hydrogen) atoms. The van der Waals surface area contributed by atoms with Gasteiger partial charge in [0.1, 0.15) is 5.75 Å². The third-order valence-electron chi connectivity index (χ3n) is 3.78. The minimum absolute atomic E-state index is 0.149. The van der Waals surface area contributed by atoms with E-state index < -0.39 is 39.4 Å². The van der Waals surface area contributed by atoms with Gasteiger partial charge in [0.2, 0.25) is 5.75 Å². The first kappa shape index (κ1) is 20.8. The predicted octanol–water partition coefficient (Wildman–Crippen LogP) is 6.23. The lowest BCUT2D eigenvalue weighted by Gasteiger charge is -2.15. The van der Waals surface area contributed by atoms with Crippen LogP contribution in [0, 0.1) is 19.5 Å². The summed E-state index contributed by atoms with van der Waals surface area (Å²) in [5.74, 6) is -3.34. The van der Waals surface area contributed by atoms with Crippen molar-refractivity contribution in [3.63, 3.8) is 0 Å². The van der Waals surface area contributed by atoms with Crippen LogP contribution in [0.5, 0.6) is 11.5 Å². The Morgan fingerprint density at radius 3 is 2.48 bits per heavy atom. The lowest BCUT2D eigenvalue weighted by Crippen LogP contribution is -2.09. The molecule has 3 aromatic carbocycles. The van der Waals surface area contributed by atoms with Crippen molar-refractivity contribution in [3.8, 4) is 11.5 Å². The third-order valence-corrected chi connectivity index (χ3v) is 4.77. The monoisotopic (exact) mass is 528 g/mol. The van der Waals surface area contributed by atoms with Crippen LogP contribution in [0.25, 0.3) is 0 Å². The number of para-hydroxylation sites is 1. The lowest BCUT2D eigenvalue weighted by molar-refractivity contribution is -0.385. The maximum absolute atomic E-state index is 15.3. The normalized spacial score (nSPS) is 10.4. The zero-order chi connectivity index (χ0) is 21.1. The van der Waals surface area contributed by atoms with E-state index in [9.17, 15) is 20.0 Å². The number of nitro groups is 1. The van der Waals surface area contributed by atoms with Crippen LogP contribution in [0.2, 0.25) is 5.02 Å². The molecule has 0 amide bonds. The summed E-state index contributed by atoms with van der Waals surface area (Å²) in [5.41, 5.74) is -1.72. The second-order valence-electron chi connectivity index (χ2n) is 5.69. The third kappa shape index (κ3) is 4.57. The Balaban J connectivity index is 2.19. The van der Waals surface area contributed by atoms with Gasteiger partial charge in [0.25, 0.3) is 0 Å². The van der Waals surface area contributed by atoms with Gasteiger partial charge in [0.15, 0.2) is 5.82 Å². The second-order valence-corrected chi connectivity index (χ2v) is 7.34. The Bertz CT molecular complexity index is 1110. The number of ether oxygens (including phenoxy) is 1. The highest BCUT2D eigenvalue weighted by Crippen LogP contribution is 2.41. The van der Waals surface area contributed by atoms with Crippen LogP contribution in [-0.2, 0) is 0 Å². The van der Waals surface area contributed by atoms with E-state index in [1.165, 1.54) is 18.2 Å². The number of nitrogens with zero attached hydrogens (tertiary/aromatic N) is 1. The number of benzene rings is 3. The van der Waals surface area contributed by atoms with E-state index >= 15 is 4.39 Å². The van der Waals surface area contributed by atoms with Crippen molar-refractivity contribution >= 4 is 57.2 Å². The summed E-state index contributed by atoms with van der Waals surface area (Å²) in [5, 5.41) is 23.7. The number of rotatable bonds is 6. The number of hydrogen-bond acceptors (Lipinski definition) is 5. The van der Waals surface area contributed by atoms with Gasteiger partial charge in [-0.2, -0.15) is 0 Å². The largest absolute Gasteiger partial charge is 0.478 e. The molecule has 7 nitrogen and oxygen atoms in total. The summed E-state index contributed by atoms with van der Waals surface area (Å²) >= 11 is 8.17. The van der Waals surface area contributed by atoms with Gasteiger partial charge in [-0.25, -0.2) is 9.18 Å². The molecule has 0 saturated carbocycles. The van der Waals surface area contributed by atoms with E-state index in [0.29, 0.717) is 0 Å². The van der Waals surface area contributed by atoms with E-state index in [4.69, 9.17) is 16.3 Å². The number of nitro benzene ring substituents is 1. The molecule has 0 atom stereocenters. The Hall–Kier alpha value is -2.92. The summed E-state index contributed by atoms with van der Waals surface area (Å²) in [6.45, 7) is 0. The number of carboxylic acid groups (broad SMARTS) is 1. The summed E-state index contributed by atoms with van der Waals surface area (Å²) in [4.78, 5) is 22.2. The van der Waals surface area contributed by atoms with Crippen LogP contribution in [0.4, 0.5) is 21.5 Å². The molecule has 0 unspecified atom stereocenters. The first-order chi connectivity index (χ1) is 13.8. The predicted molar refractivity (Wildman–Crippen MR) is 114 cm³/mol. The number of nitrogens with one attached hydrogen (secondary N) is 1. The molecular weight excluding hydrogens is 518 g/mol. The molecule has 0 aliphatic rings. The van der Waals surface area contributed by atoms with Gasteiger partial charge >= 0.3 is 11.7 Å². The second kappa shape index (κ2) is 8.62. The molecule has 0 aromatic heterocycles. The van der Waals surface area contributed by atoms with Gasteiger partial charge in [0.05, 0.1) is 26.9 Å². The maximum atomic E-state index is 15.3. The lowest BCUT2D eigenvalue weighted by atomic mass is 10.1. The van der Waals surface area contributed by atoms with E-state index in [-0.39, 0.29) is 16.5 Å². The number of carboxylic acids is 1. The molecule has 0 spiro atoms. The summed E-state index contributed by atoms with van der Waals surface area (Å²) in [6.07, 6.45) is 0. The quantitative estimate of drug-likeness (QED) is 0.224. The van der Waals surface area contributed by atoms with Gasteiger partial charge in [0, 0.05) is 9.64 Å². The molecule has 0 saturated heterocycles. The van der Waals surface area contributed by atoms with Gasteiger partial charge in [-0.15, -0.1) is 0 Å². The Morgan fingerprint density at radius 1 is 1.21 bits per heavy atom. The number of halogens is 3. The topological polar surface area (TPSA) is 102 Å². The van der Waals surface area contributed by atoms with Crippen LogP contribution in [0.3, 0.4) is 0 Å². The molecule has 3 aromatic rings. The number of carbonyl (C=O) groups is 1. The van der Waals surface area contributed by atoms with Crippen LogP contribution in [0.15, 0.2) is 54.6 Å². The number of hydrogen-bond donors (Lipinski definition) is 2. The molecule has 0 heterocycles. The Morgan fingerprint density at radius 2 is 1.90 bits per heavy atom. The Labute approximate surface area is 182 Å². The van der Waals surface area contributed by atoms with E-state index in [1.807, 2.05) is 22.6 Å². The maximum Gasteiger partial charge on any atom is 0.338 e. The van der Waals surface area contributed by atoms with Crippen molar-refractivity contribution in [2.75, 3.05) is 5.32 Å². The summed E-state index contributed by atoms with van der Waals surface area (Å²) in [7, 11) is 0. The van der Waals surface area contributed by atoms with Gasteiger partial charge in [-0.05, 0) is 52.9 Å². The fourth-order valence-corrected chi connectivity index (χ4v) is 3.38. The van der Waals surface area contributed by atoms with Gasteiger partial charge in [-0.1, -0.05) is 29.8 Å². The highest BCUT2D eigenvalue weighted by atomic mass is 127. The Kier molecular flexibility index (Phi) is 6.18. The molecule has 0 aliphatic carbocycles. The molecule has 0 aliphatic heterocycles. The summed E-state index contributed by atoms with van der Waals surface area (Å²) < 4.78 is 21.5. The van der Waals surface area contributed by atoms with Crippen molar-refractivity contribution in [2.24, 2.45) is 0 Å². The molecular formula is C19H11ClFIN2O5. The molecule has 0 radical (unpaired) electrons. The molecule has 0 bridgehead atoms. The van der Waals surface area contributed by atoms with Crippen molar-refractivity contribution in [2.45, 2.75) is 0 Å². The fraction of sp³-hybridized carbons (Fsp3) is 0. The zero-order valence-corrected chi connectivity index (χ0v) is 17.3. The smallest absolute Gasteiger partial charge is 0.338 e. The average molecular weight is 529 g/mol.